The Morgan fingerprint density at radius 3 is 2.68 bits per heavy atom. The van der Waals surface area contributed by atoms with Crippen LogP contribution >= 0.6 is 11.3 Å². The second-order valence-corrected chi connectivity index (χ2v) is 6.45. The molecular weight excluding hydrogens is 254 g/mol. The molecule has 0 bridgehead atoms. The van der Waals surface area contributed by atoms with Crippen molar-refractivity contribution in [1.82, 2.24) is 14.9 Å². The predicted molar refractivity (Wildman–Crippen MR) is 81.4 cm³/mol. The Morgan fingerprint density at radius 2 is 2.16 bits per heavy atom. The maximum absolute atomic E-state index is 4.50. The topological polar surface area (TPSA) is 29.9 Å². The molecule has 19 heavy (non-hydrogen) atoms. The van der Waals surface area contributed by atoms with Crippen LogP contribution in [0.2, 0.25) is 0 Å². The summed E-state index contributed by atoms with van der Waals surface area (Å²) in [5.41, 5.74) is 0. The summed E-state index contributed by atoms with van der Waals surface area (Å²) in [4.78, 5) is 5.83. The van der Waals surface area contributed by atoms with Crippen molar-refractivity contribution in [2.45, 2.75) is 26.8 Å². The third kappa shape index (κ3) is 3.45. The van der Waals surface area contributed by atoms with Crippen LogP contribution in [0, 0.1) is 11.8 Å². The number of nitrogens with one attached hydrogen (secondary N) is 1. The normalized spacial score (nSPS) is 14.8. The Morgan fingerprint density at radius 1 is 1.37 bits per heavy atom. The second kappa shape index (κ2) is 6.35. The van der Waals surface area contributed by atoms with Crippen molar-refractivity contribution in [3.63, 3.8) is 0 Å². The van der Waals surface area contributed by atoms with E-state index in [-0.39, 0.29) is 6.04 Å². The molecule has 0 aliphatic carbocycles. The van der Waals surface area contributed by atoms with Gasteiger partial charge in [-0.15, -0.1) is 11.3 Å². The zero-order valence-corrected chi connectivity index (χ0v) is 12.9. The van der Waals surface area contributed by atoms with Crippen molar-refractivity contribution in [3.05, 3.63) is 40.6 Å². The first kappa shape index (κ1) is 14.3. The van der Waals surface area contributed by atoms with Gasteiger partial charge >= 0.3 is 0 Å². The van der Waals surface area contributed by atoms with Crippen LogP contribution in [0.3, 0.4) is 0 Å². The van der Waals surface area contributed by atoms with Gasteiger partial charge in [-0.2, -0.15) is 0 Å². The Bertz CT molecular complexity index is 487. The Balaban J connectivity index is 2.15. The molecule has 2 unspecified atom stereocenters. The molecule has 2 aromatic rings. The lowest BCUT2D eigenvalue weighted by Crippen LogP contribution is -2.30. The molecule has 0 aliphatic heterocycles. The number of hydrogen-bond acceptors (Lipinski definition) is 3. The van der Waals surface area contributed by atoms with E-state index >= 15 is 0 Å². The largest absolute Gasteiger partial charge is 0.336 e. The molecule has 2 rings (SSSR count). The number of nitrogens with zero attached hydrogens (tertiary/aromatic N) is 2. The molecular formula is C15H23N3S. The van der Waals surface area contributed by atoms with Crippen LogP contribution in [-0.4, -0.2) is 16.1 Å². The number of thiophene rings is 1. The number of imidazole rings is 1. The quantitative estimate of drug-likeness (QED) is 0.876. The van der Waals surface area contributed by atoms with E-state index in [9.17, 15) is 0 Å². The van der Waals surface area contributed by atoms with Gasteiger partial charge in [0.1, 0.15) is 11.9 Å². The van der Waals surface area contributed by atoms with E-state index in [1.54, 1.807) is 11.3 Å². The summed E-state index contributed by atoms with van der Waals surface area (Å²) in [6, 6.07) is 4.47. The third-order valence-corrected chi connectivity index (χ3v) is 4.66. The molecule has 0 aromatic carbocycles. The molecule has 2 atom stereocenters. The highest BCUT2D eigenvalue weighted by Crippen LogP contribution is 2.25. The molecule has 0 radical (unpaired) electrons. The van der Waals surface area contributed by atoms with Crippen LogP contribution in [0.1, 0.15) is 37.5 Å². The fraction of sp³-hybridized carbons (Fsp3) is 0.533. The molecule has 0 aliphatic rings. The molecule has 0 fully saturated rings. The van der Waals surface area contributed by atoms with Gasteiger partial charge in [0.25, 0.3) is 0 Å². The standard InChI is InChI=1S/C15H23N3S/c1-11(2)12(3)10-17-14(13-6-5-9-19-13)15-16-7-8-18(15)4/h5-9,11-12,14,17H,10H2,1-4H3. The van der Waals surface area contributed by atoms with Crippen LogP contribution in [-0.2, 0) is 7.05 Å². The molecule has 2 heterocycles. The van der Waals surface area contributed by atoms with E-state index < -0.39 is 0 Å². The Kier molecular flexibility index (Phi) is 4.77. The molecule has 104 valence electrons. The summed E-state index contributed by atoms with van der Waals surface area (Å²) in [5, 5.41) is 5.80. The fourth-order valence-electron chi connectivity index (χ4n) is 1.97. The highest BCUT2D eigenvalue weighted by Gasteiger charge is 2.20. The minimum absolute atomic E-state index is 0.196. The summed E-state index contributed by atoms with van der Waals surface area (Å²) < 4.78 is 2.09. The zero-order chi connectivity index (χ0) is 13.8. The highest BCUT2D eigenvalue weighted by atomic mass is 32.1. The number of hydrogen-bond donors (Lipinski definition) is 1. The van der Waals surface area contributed by atoms with Gasteiger partial charge in [-0.1, -0.05) is 26.8 Å². The van der Waals surface area contributed by atoms with Gasteiger partial charge < -0.3 is 9.88 Å². The van der Waals surface area contributed by atoms with Crippen molar-refractivity contribution in [1.29, 1.82) is 0 Å². The molecule has 4 heteroatoms. The zero-order valence-electron chi connectivity index (χ0n) is 12.1. The van der Waals surface area contributed by atoms with E-state index in [1.165, 1.54) is 4.88 Å². The van der Waals surface area contributed by atoms with Gasteiger partial charge in [-0.05, 0) is 29.8 Å². The summed E-state index contributed by atoms with van der Waals surface area (Å²) in [5.74, 6) is 2.43. The Hall–Kier alpha value is -1.13. The van der Waals surface area contributed by atoms with E-state index in [1.807, 2.05) is 12.4 Å². The molecule has 0 saturated heterocycles. The smallest absolute Gasteiger partial charge is 0.131 e. The molecule has 0 amide bonds. The lowest BCUT2D eigenvalue weighted by molar-refractivity contribution is 0.377. The summed E-state index contributed by atoms with van der Waals surface area (Å²) in [7, 11) is 2.05. The van der Waals surface area contributed by atoms with Crippen LogP contribution < -0.4 is 5.32 Å². The average molecular weight is 277 g/mol. The van der Waals surface area contributed by atoms with Crippen molar-refractivity contribution in [2.24, 2.45) is 18.9 Å². The minimum atomic E-state index is 0.196. The highest BCUT2D eigenvalue weighted by molar-refractivity contribution is 7.10. The summed E-state index contributed by atoms with van der Waals surface area (Å²) in [6.07, 6.45) is 3.87. The van der Waals surface area contributed by atoms with Crippen molar-refractivity contribution >= 4 is 11.3 Å². The van der Waals surface area contributed by atoms with E-state index in [0.29, 0.717) is 11.8 Å². The van der Waals surface area contributed by atoms with E-state index in [4.69, 9.17) is 0 Å². The maximum atomic E-state index is 4.50. The van der Waals surface area contributed by atoms with Gasteiger partial charge in [0, 0.05) is 24.3 Å². The first-order chi connectivity index (χ1) is 9.09. The summed E-state index contributed by atoms with van der Waals surface area (Å²) in [6.45, 7) is 7.84. The molecule has 0 spiro atoms. The molecule has 2 aromatic heterocycles. The van der Waals surface area contributed by atoms with Crippen molar-refractivity contribution in [3.8, 4) is 0 Å². The molecule has 0 saturated carbocycles. The van der Waals surface area contributed by atoms with E-state index in [0.717, 1.165) is 12.4 Å². The number of rotatable bonds is 6. The minimum Gasteiger partial charge on any atom is -0.336 e. The molecule has 3 nitrogen and oxygen atoms in total. The van der Waals surface area contributed by atoms with E-state index in [2.05, 4.69) is 60.2 Å². The van der Waals surface area contributed by atoms with Gasteiger partial charge in [0.2, 0.25) is 0 Å². The number of aryl methyl sites for hydroxylation is 1. The maximum Gasteiger partial charge on any atom is 0.131 e. The SMILES string of the molecule is CC(C)C(C)CNC(c1cccs1)c1nccn1C. The fourth-order valence-corrected chi connectivity index (χ4v) is 2.77. The average Bonchev–Trinajstić information content (AvgIpc) is 3.02. The van der Waals surface area contributed by atoms with Crippen LogP contribution in [0.25, 0.3) is 0 Å². The van der Waals surface area contributed by atoms with Crippen molar-refractivity contribution in [2.75, 3.05) is 6.54 Å². The van der Waals surface area contributed by atoms with Gasteiger partial charge in [0.15, 0.2) is 0 Å². The van der Waals surface area contributed by atoms with Gasteiger partial charge in [-0.25, -0.2) is 4.98 Å². The second-order valence-electron chi connectivity index (χ2n) is 5.47. The lowest BCUT2D eigenvalue weighted by atomic mass is 9.98. The summed E-state index contributed by atoms with van der Waals surface area (Å²) >= 11 is 1.78. The first-order valence-electron chi connectivity index (χ1n) is 6.83. The van der Waals surface area contributed by atoms with Gasteiger partial charge in [0.05, 0.1) is 0 Å². The Labute approximate surface area is 119 Å². The van der Waals surface area contributed by atoms with Crippen LogP contribution in [0.4, 0.5) is 0 Å². The predicted octanol–water partition coefficient (Wildman–Crippen LogP) is 3.45. The third-order valence-electron chi connectivity index (χ3n) is 3.73. The van der Waals surface area contributed by atoms with Crippen molar-refractivity contribution < 1.29 is 0 Å². The first-order valence-corrected chi connectivity index (χ1v) is 7.71. The van der Waals surface area contributed by atoms with Crippen LogP contribution in [0.15, 0.2) is 29.9 Å². The lowest BCUT2D eigenvalue weighted by Gasteiger charge is -2.22. The monoisotopic (exact) mass is 277 g/mol. The molecule has 1 N–H and O–H groups in total. The number of aromatic nitrogens is 2. The van der Waals surface area contributed by atoms with Crippen LogP contribution in [0.5, 0.6) is 0 Å². The van der Waals surface area contributed by atoms with Gasteiger partial charge in [-0.3, -0.25) is 0 Å².